The third-order valence-corrected chi connectivity index (χ3v) is 2.22. The maximum atomic E-state index is 13.3. The van der Waals surface area contributed by atoms with Gasteiger partial charge in [-0.1, -0.05) is 5.21 Å². The highest BCUT2D eigenvalue weighted by Gasteiger charge is 2.27. The molecule has 1 fully saturated rings. The number of hydrogen-bond donors (Lipinski definition) is 0. The molecule has 0 amide bonds. The minimum absolute atomic E-state index is 0.170. The van der Waals surface area contributed by atoms with Crippen molar-refractivity contribution in [1.29, 1.82) is 0 Å². The molecule has 0 saturated carbocycles. The first kappa shape index (κ1) is 8.62. The molecule has 0 bridgehead atoms. The van der Waals surface area contributed by atoms with Crippen molar-refractivity contribution in [3.63, 3.8) is 0 Å². The molecular weight excluding hydrogens is 173 g/mol. The summed E-state index contributed by atoms with van der Waals surface area (Å²) in [6.45, 7) is 2.61. The Hall–Kier alpha value is -0.970. The SMILES string of the molecule is Cc1cn([C@H]2CCOC[C@@H]2F)nn1. The number of ether oxygens (including phenoxy) is 1. The normalized spacial score (nSPS) is 29.1. The van der Waals surface area contributed by atoms with Crippen LogP contribution in [0.1, 0.15) is 18.2 Å². The Morgan fingerprint density at radius 2 is 2.54 bits per heavy atom. The number of alkyl halides is 1. The van der Waals surface area contributed by atoms with Gasteiger partial charge in [0.1, 0.15) is 6.17 Å². The van der Waals surface area contributed by atoms with E-state index in [1.165, 1.54) is 0 Å². The molecule has 2 heterocycles. The van der Waals surface area contributed by atoms with Crippen LogP contribution in [-0.4, -0.2) is 34.4 Å². The maximum Gasteiger partial charge on any atom is 0.146 e. The van der Waals surface area contributed by atoms with Crippen LogP contribution in [-0.2, 0) is 4.74 Å². The van der Waals surface area contributed by atoms with E-state index < -0.39 is 6.17 Å². The van der Waals surface area contributed by atoms with Gasteiger partial charge in [-0.05, 0) is 13.3 Å². The van der Waals surface area contributed by atoms with Crippen LogP contribution in [0, 0.1) is 6.92 Å². The lowest BCUT2D eigenvalue weighted by Crippen LogP contribution is -2.31. The maximum absolute atomic E-state index is 13.3. The summed E-state index contributed by atoms with van der Waals surface area (Å²) in [7, 11) is 0. The lowest BCUT2D eigenvalue weighted by molar-refractivity contribution is -0.000636. The van der Waals surface area contributed by atoms with Gasteiger partial charge in [0.25, 0.3) is 0 Å². The van der Waals surface area contributed by atoms with Crippen LogP contribution in [0.25, 0.3) is 0 Å². The summed E-state index contributed by atoms with van der Waals surface area (Å²) < 4.78 is 19.9. The van der Waals surface area contributed by atoms with Crippen molar-refractivity contribution in [3.8, 4) is 0 Å². The second-order valence-electron chi connectivity index (χ2n) is 3.29. The van der Waals surface area contributed by atoms with Crippen LogP contribution in [0.2, 0.25) is 0 Å². The predicted molar refractivity (Wildman–Crippen MR) is 44.1 cm³/mol. The fraction of sp³-hybridized carbons (Fsp3) is 0.750. The second kappa shape index (κ2) is 3.41. The average Bonchev–Trinajstić information content (AvgIpc) is 2.53. The Bertz CT molecular complexity index is 289. The molecule has 0 aliphatic carbocycles. The number of nitrogens with zero attached hydrogens (tertiary/aromatic N) is 3. The van der Waals surface area contributed by atoms with Gasteiger partial charge < -0.3 is 4.74 Å². The quantitative estimate of drug-likeness (QED) is 0.652. The van der Waals surface area contributed by atoms with Crippen LogP contribution in [0.5, 0.6) is 0 Å². The Labute approximate surface area is 75.7 Å². The van der Waals surface area contributed by atoms with Crippen LogP contribution < -0.4 is 0 Å². The molecule has 0 spiro atoms. The molecule has 4 nitrogen and oxygen atoms in total. The fourth-order valence-corrected chi connectivity index (χ4v) is 1.52. The first-order chi connectivity index (χ1) is 6.27. The van der Waals surface area contributed by atoms with Crippen LogP contribution in [0.3, 0.4) is 0 Å². The zero-order valence-corrected chi connectivity index (χ0v) is 7.48. The molecule has 72 valence electrons. The predicted octanol–water partition coefficient (Wildman–Crippen LogP) is 0.886. The van der Waals surface area contributed by atoms with Gasteiger partial charge in [-0.15, -0.1) is 5.10 Å². The number of hydrogen-bond acceptors (Lipinski definition) is 3. The average molecular weight is 185 g/mol. The molecule has 0 unspecified atom stereocenters. The highest BCUT2D eigenvalue weighted by atomic mass is 19.1. The van der Waals surface area contributed by atoms with E-state index in [1.807, 2.05) is 6.92 Å². The van der Waals surface area contributed by atoms with Crippen molar-refractivity contribution >= 4 is 0 Å². The van der Waals surface area contributed by atoms with E-state index in [1.54, 1.807) is 10.9 Å². The van der Waals surface area contributed by atoms with Crippen molar-refractivity contribution in [2.24, 2.45) is 0 Å². The lowest BCUT2D eigenvalue weighted by Gasteiger charge is -2.25. The molecule has 0 aromatic carbocycles. The number of halogens is 1. The number of rotatable bonds is 1. The molecule has 2 atom stereocenters. The summed E-state index contributed by atoms with van der Waals surface area (Å²) in [6.07, 6.45) is 1.47. The van der Waals surface area contributed by atoms with E-state index >= 15 is 0 Å². The Kier molecular flexibility index (Phi) is 2.26. The molecule has 5 heteroatoms. The minimum atomic E-state index is -0.963. The minimum Gasteiger partial charge on any atom is -0.378 e. The van der Waals surface area contributed by atoms with Gasteiger partial charge >= 0.3 is 0 Å². The zero-order valence-electron chi connectivity index (χ0n) is 7.48. The highest BCUT2D eigenvalue weighted by Crippen LogP contribution is 2.22. The lowest BCUT2D eigenvalue weighted by atomic mass is 10.1. The van der Waals surface area contributed by atoms with E-state index in [9.17, 15) is 4.39 Å². The summed E-state index contributed by atoms with van der Waals surface area (Å²) >= 11 is 0. The summed E-state index contributed by atoms with van der Waals surface area (Å²) in [6, 6.07) is -0.199. The van der Waals surface area contributed by atoms with Gasteiger partial charge in [0.2, 0.25) is 0 Å². The molecule has 2 rings (SSSR count). The smallest absolute Gasteiger partial charge is 0.146 e. The van der Waals surface area contributed by atoms with Crippen molar-refractivity contribution < 1.29 is 9.13 Å². The molecular formula is C8H12FN3O. The topological polar surface area (TPSA) is 39.9 Å². The van der Waals surface area contributed by atoms with Gasteiger partial charge in [-0.3, -0.25) is 0 Å². The van der Waals surface area contributed by atoms with Crippen molar-refractivity contribution in [1.82, 2.24) is 15.0 Å². The summed E-state index contributed by atoms with van der Waals surface area (Å²) in [5, 5.41) is 7.69. The van der Waals surface area contributed by atoms with E-state index in [-0.39, 0.29) is 12.6 Å². The highest BCUT2D eigenvalue weighted by molar-refractivity contribution is 4.90. The molecule has 1 aliphatic rings. The largest absolute Gasteiger partial charge is 0.378 e. The molecule has 1 aliphatic heterocycles. The second-order valence-corrected chi connectivity index (χ2v) is 3.29. The molecule has 0 N–H and O–H groups in total. The standard InChI is InChI=1S/C8H12FN3O/c1-6-4-12(11-10-6)8-2-3-13-5-7(8)9/h4,7-8H,2-3,5H2,1H3/t7-,8-/m0/s1. The monoisotopic (exact) mass is 185 g/mol. The van der Waals surface area contributed by atoms with Gasteiger partial charge in [0.05, 0.1) is 18.3 Å². The Morgan fingerprint density at radius 3 is 3.15 bits per heavy atom. The van der Waals surface area contributed by atoms with Crippen LogP contribution in [0.4, 0.5) is 4.39 Å². The van der Waals surface area contributed by atoms with E-state index in [0.29, 0.717) is 13.0 Å². The summed E-state index contributed by atoms with van der Waals surface area (Å²) in [4.78, 5) is 0. The first-order valence-electron chi connectivity index (χ1n) is 4.37. The fourth-order valence-electron chi connectivity index (χ4n) is 1.52. The van der Waals surface area contributed by atoms with Gasteiger partial charge in [0.15, 0.2) is 0 Å². The van der Waals surface area contributed by atoms with E-state index in [4.69, 9.17) is 4.74 Å². The third-order valence-electron chi connectivity index (χ3n) is 2.22. The van der Waals surface area contributed by atoms with Crippen molar-refractivity contribution in [3.05, 3.63) is 11.9 Å². The van der Waals surface area contributed by atoms with Crippen molar-refractivity contribution in [2.45, 2.75) is 25.6 Å². The number of aryl methyl sites for hydroxylation is 1. The van der Waals surface area contributed by atoms with Gasteiger partial charge in [-0.25, -0.2) is 9.07 Å². The molecule has 1 aromatic rings. The van der Waals surface area contributed by atoms with E-state index in [2.05, 4.69) is 10.3 Å². The van der Waals surface area contributed by atoms with Crippen molar-refractivity contribution in [2.75, 3.05) is 13.2 Å². The molecule has 1 saturated heterocycles. The van der Waals surface area contributed by atoms with Gasteiger partial charge in [0, 0.05) is 12.8 Å². The van der Waals surface area contributed by atoms with E-state index in [0.717, 1.165) is 5.69 Å². The Morgan fingerprint density at radius 1 is 1.69 bits per heavy atom. The summed E-state index contributed by atoms with van der Waals surface area (Å²) in [5.41, 5.74) is 0.818. The molecule has 1 aromatic heterocycles. The van der Waals surface area contributed by atoms with Crippen LogP contribution >= 0.6 is 0 Å². The first-order valence-corrected chi connectivity index (χ1v) is 4.37. The van der Waals surface area contributed by atoms with Gasteiger partial charge in [-0.2, -0.15) is 0 Å². The summed E-state index contributed by atoms with van der Waals surface area (Å²) in [5.74, 6) is 0. The molecule has 0 radical (unpaired) electrons. The third kappa shape index (κ3) is 1.70. The number of aromatic nitrogens is 3. The molecule has 13 heavy (non-hydrogen) atoms. The zero-order chi connectivity index (χ0) is 9.26. The Balaban J connectivity index is 2.14. The van der Waals surface area contributed by atoms with Crippen LogP contribution in [0.15, 0.2) is 6.20 Å².